The SMILES string of the molecule is O=S(=O)(c1ccc(O)cc1)c1ccc(O)cc1.[H-].[H-].[K+].[K+]. The van der Waals surface area contributed by atoms with Crippen LogP contribution < -0.4 is 103 Å². The predicted octanol–water partition coefficient (Wildman–Crippen LogP) is -3.84. The van der Waals surface area contributed by atoms with Gasteiger partial charge in [-0.2, -0.15) is 0 Å². The smallest absolute Gasteiger partial charge is 1.00 e. The standard InChI is InChI=1S/C12H10O4S.2K.2H/c13-9-1-5-11(6-2-9)17(15,16)12-7-3-10(14)4-8-12;;;;/h1-8,13-14H;;;;/q;2*+1;2*-1. The third kappa shape index (κ3) is 5.19. The minimum absolute atomic E-state index is 0. The molecule has 0 bridgehead atoms. The van der Waals surface area contributed by atoms with E-state index in [1.165, 1.54) is 48.5 Å². The van der Waals surface area contributed by atoms with Gasteiger partial charge in [-0.15, -0.1) is 0 Å². The van der Waals surface area contributed by atoms with Gasteiger partial charge in [-0.05, 0) is 48.5 Å². The molecule has 2 N–H and O–H groups in total. The van der Waals surface area contributed by atoms with Crippen molar-refractivity contribution in [3.05, 3.63) is 48.5 Å². The van der Waals surface area contributed by atoms with Crippen LogP contribution in [0.3, 0.4) is 0 Å². The number of benzene rings is 2. The van der Waals surface area contributed by atoms with Gasteiger partial charge in [-0.25, -0.2) is 8.42 Å². The topological polar surface area (TPSA) is 74.6 Å². The van der Waals surface area contributed by atoms with Crippen LogP contribution in [-0.2, 0) is 9.84 Å². The molecular weight excluding hydrogens is 318 g/mol. The van der Waals surface area contributed by atoms with Crippen LogP contribution in [0.2, 0.25) is 0 Å². The van der Waals surface area contributed by atoms with Gasteiger partial charge >= 0.3 is 103 Å². The van der Waals surface area contributed by atoms with Crippen molar-refractivity contribution >= 4 is 9.84 Å². The first-order chi connectivity index (χ1) is 8.00. The Balaban J connectivity index is -0.000000810. The van der Waals surface area contributed by atoms with Crippen LogP contribution >= 0.6 is 0 Å². The molecule has 0 aliphatic heterocycles. The number of phenols is 2. The Morgan fingerprint density at radius 1 is 0.684 bits per heavy atom. The molecule has 0 aromatic heterocycles. The van der Waals surface area contributed by atoms with E-state index < -0.39 is 9.84 Å². The molecule has 0 atom stereocenters. The molecule has 0 radical (unpaired) electrons. The normalized spacial score (nSPS) is 10.1. The maximum Gasteiger partial charge on any atom is 1.00 e. The molecule has 0 aliphatic carbocycles. The van der Waals surface area contributed by atoms with Crippen LogP contribution in [0, 0.1) is 0 Å². The zero-order valence-electron chi connectivity index (χ0n) is 12.7. The molecule has 2 aromatic rings. The van der Waals surface area contributed by atoms with Gasteiger partial charge in [-0.1, -0.05) is 0 Å². The Morgan fingerprint density at radius 3 is 1.21 bits per heavy atom. The van der Waals surface area contributed by atoms with Crippen molar-refractivity contribution in [3.63, 3.8) is 0 Å². The zero-order valence-corrected chi connectivity index (χ0v) is 17.8. The van der Waals surface area contributed by atoms with E-state index in [-0.39, 0.29) is 127 Å². The quantitative estimate of drug-likeness (QED) is 0.553. The summed E-state index contributed by atoms with van der Waals surface area (Å²) >= 11 is 0. The summed E-state index contributed by atoms with van der Waals surface area (Å²) in [4.78, 5) is 0.196. The molecule has 0 saturated heterocycles. The van der Waals surface area contributed by atoms with Gasteiger partial charge in [0.05, 0.1) is 9.79 Å². The second kappa shape index (κ2) is 8.64. The van der Waals surface area contributed by atoms with Crippen molar-refractivity contribution in [2.75, 3.05) is 0 Å². The van der Waals surface area contributed by atoms with Crippen molar-refractivity contribution in [1.82, 2.24) is 0 Å². The molecule has 0 unspecified atom stereocenters. The summed E-state index contributed by atoms with van der Waals surface area (Å²) in [7, 11) is -3.59. The second-order valence-corrected chi connectivity index (χ2v) is 5.44. The average molecular weight is 330 g/mol. The van der Waals surface area contributed by atoms with Crippen LogP contribution in [0.1, 0.15) is 2.85 Å². The summed E-state index contributed by atoms with van der Waals surface area (Å²) in [5.74, 6) is 0.0179. The molecule has 0 spiro atoms. The predicted molar refractivity (Wildman–Crippen MR) is 63.9 cm³/mol. The minimum atomic E-state index is -3.59. The van der Waals surface area contributed by atoms with Gasteiger partial charge in [0, 0.05) is 0 Å². The molecule has 19 heavy (non-hydrogen) atoms. The van der Waals surface area contributed by atoms with E-state index in [4.69, 9.17) is 10.2 Å². The van der Waals surface area contributed by atoms with Gasteiger partial charge in [0.1, 0.15) is 11.5 Å². The maximum absolute atomic E-state index is 12.1. The van der Waals surface area contributed by atoms with Gasteiger partial charge < -0.3 is 13.1 Å². The van der Waals surface area contributed by atoms with Crippen molar-refractivity contribution < 1.29 is 124 Å². The Bertz CT molecular complexity index is 580. The summed E-state index contributed by atoms with van der Waals surface area (Å²) in [5, 5.41) is 18.2. The summed E-state index contributed by atoms with van der Waals surface area (Å²) < 4.78 is 24.2. The number of rotatable bonds is 2. The van der Waals surface area contributed by atoms with Crippen molar-refractivity contribution in [2.45, 2.75) is 9.79 Å². The first-order valence-corrected chi connectivity index (χ1v) is 6.31. The van der Waals surface area contributed by atoms with E-state index in [1.54, 1.807) is 0 Å². The zero-order chi connectivity index (χ0) is 12.5. The molecule has 92 valence electrons. The van der Waals surface area contributed by atoms with Crippen molar-refractivity contribution in [3.8, 4) is 11.5 Å². The van der Waals surface area contributed by atoms with Gasteiger partial charge in [0.25, 0.3) is 0 Å². The van der Waals surface area contributed by atoms with Gasteiger partial charge in [-0.3, -0.25) is 0 Å². The van der Waals surface area contributed by atoms with E-state index in [0.717, 1.165) is 0 Å². The third-order valence-electron chi connectivity index (χ3n) is 2.29. The number of sulfone groups is 1. The molecule has 7 heteroatoms. The molecule has 2 aromatic carbocycles. The second-order valence-electron chi connectivity index (χ2n) is 3.49. The Hall–Kier alpha value is 1.26. The van der Waals surface area contributed by atoms with E-state index in [2.05, 4.69) is 0 Å². The summed E-state index contributed by atoms with van der Waals surface area (Å²) in [6, 6.07) is 10.6. The Morgan fingerprint density at radius 2 is 0.947 bits per heavy atom. The van der Waals surface area contributed by atoms with Crippen LogP contribution in [0.25, 0.3) is 0 Å². The van der Waals surface area contributed by atoms with E-state index >= 15 is 0 Å². The number of hydrogen-bond donors (Lipinski definition) is 2. The maximum atomic E-state index is 12.1. The third-order valence-corrected chi connectivity index (χ3v) is 4.08. The molecule has 0 heterocycles. The summed E-state index contributed by atoms with van der Waals surface area (Å²) in [5.41, 5.74) is 0. The van der Waals surface area contributed by atoms with E-state index in [1.807, 2.05) is 0 Å². The fourth-order valence-corrected chi connectivity index (χ4v) is 2.65. The fourth-order valence-electron chi connectivity index (χ4n) is 1.39. The molecule has 0 fully saturated rings. The molecule has 2 rings (SSSR count). The van der Waals surface area contributed by atoms with Crippen LogP contribution in [0.4, 0.5) is 0 Å². The van der Waals surface area contributed by atoms with Crippen molar-refractivity contribution in [2.24, 2.45) is 0 Å². The average Bonchev–Trinajstić information content (AvgIpc) is 2.30. The molecule has 4 nitrogen and oxygen atoms in total. The van der Waals surface area contributed by atoms with Crippen LogP contribution in [0.15, 0.2) is 58.3 Å². The van der Waals surface area contributed by atoms with E-state index in [0.29, 0.717) is 0 Å². The Kier molecular flexibility index (Phi) is 9.22. The fraction of sp³-hybridized carbons (Fsp3) is 0. The van der Waals surface area contributed by atoms with Crippen LogP contribution in [0.5, 0.6) is 11.5 Å². The van der Waals surface area contributed by atoms with E-state index in [9.17, 15) is 8.42 Å². The first kappa shape index (κ1) is 20.3. The van der Waals surface area contributed by atoms with Crippen LogP contribution in [-0.4, -0.2) is 18.6 Å². The molecule has 0 aliphatic rings. The van der Waals surface area contributed by atoms with Crippen molar-refractivity contribution in [1.29, 1.82) is 0 Å². The van der Waals surface area contributed by atoms with Gasteiger partial charge in [0.2, 0.25) is 9.84 Å². The number of hydrogen-bond acceptors (Lipinski definition) is 4. The summed E-state index contributed by atoms with van der Waals surface area (Å²) in [6.45, 7) is 0. The number of phenolic OH excluding ortho intramolecular Hbond substituents is 2. The Labute approximate surface area is 200 Å². The largest absolute Gasteiger partial charge is 1.00 e. The molecular formula is C12H12K2O4S. The monoisotopic (exact) mass is 330 g/mol. The first-order valence-electron chi connectivity index (χ1n) is 4.83. The molecule has 0 amide bonds. The molecule has 0 saturated carbocycles. The minimum Gasteiger partial charge on any atom is -1.00 e. The number of aromatic hydroxyl groups is 2. The summed E-state index contributed by atoms with van der Waals surface area (Å²) in [6.07, 6.45) is 0. The van der Waals surface area contributed by atoms with Gasteiger partial charge in [0.15, 0.2) is 0 Å².